The molecule has 0 aliphatic rings. The monoisotopic (exact) mass is 305 g/mol. The molecule has 2 aromatic rings. The van der Waals surface area contributed by atoms with E-state index in [0.717, 1.165) is 5.56 Å². The van der Waals surface area contributed by atoms with Gasteiger partial charge in [0.1, 0.15) is 12.4 Å². The first kappa shape index (κ1) is 15.2. The van der Waals surface area contributed by atoms with Crippen molar-refractivity contribution in [3.05, 3.63) is 58.6 Å². The standard InChI is InChI=1S/C16H16ClNO3/c1-2-20-16(19)14-9-13(6-7-15(14)18)21-10-11-4-3-5-12(17)8-11/h3-9H,2,10,18H2,1H3. The largest absolute Gasteiger partial charge is 0.489 e. The predicted octanol–water partition coefficient (Wildman–Crippen LogP) is 3.68. The summed E-state index contributed by atoms with van der Waals surface area (Å²) in [5, 5.41) is 0.653. The molecule has 0 aliphatic carbocycles. The topological polar surface area (TPSA) is 61.5 Å². The number of hydrogen-bond donors (Lipinski definition) is 1. The van der Waals surface area contributed by atoms with Crippen LogP contribution in [0.2, 0.25) is 5.02 Å². The Labute approximate surface area is 128 Å². The highest BCUT2D eigenvalue weighted by Gasteiger charge is 2.12. The van der Waals surface area contributed by atoms with Crippen molar-refractivity contribution < 1.29 is 14.3 Å². The molecule has 4 nitrogen and oxygen atoms in total. The maximum absolute atomic E-state index is 11.8. The quantitative estimate of drug-likeness (QED) is 0.676. The number of nitrogens with two attached hydrogens (primary N) is 1. The highest BCUT2D eigenvalue weighted by molar-refractivity contribution is 6.30. The Morgan fingerprint density at radius 1 is 1.24 bits per heavy atom. The van der Waals surface area contributed by atoms with Crippen LogP contribution in [0.5, 0.6) is 5.75 Å². The highest BCUT2D eigenvalue weighted by atomic mass is 35.5. The second-order valence-corrected chi connectivity index (χ2v) is 4.82. The van der Waals surface area contributed by atoms with Crippen LogP contribution < -0.4 is 10.5 Å². The SMILES string of the molecule is CCOC(=O)c1cc(OCc2cccc(Cl)c2)ccc1N. The molecule has 0 aliphatic heterocycles. The number of rotatable bonds is 5. The Bertz CT molecular complexity index is 643. The average molecular weight is 306 g/mol. The van der Waals surface area contributed by atoms with Gasteiger partial charge < -0.3 is 15.2 Å². The van der Waals surface area contributed by atoms with Crippen molar-refractivity contribution in [2.75, 3.05) is 12.3 Å². The van der Waals surface area contributed by atoms with E-state index in [4.69, 9.17) is 26.8 Å². The number of anilines is 1. The van der Waals surface area contributed by atoms with Gasteiger partial charge in [0.05, 0.1) is 12.2 Å². The predicted molar refractivity (Wildman–Crippen MR) is 82.6 cm³/mol. The van der Waals surface area contributed by atoms with Gasteiger partial charge in [-0.05, 0) is 42.8 Å². The third-order valence-electron chi connectivity index (χ3n) is 2.81. The van der Waals surface area contributed by atoms with Crippen molar-refractivity contribution >= 4 is 23.3 Å². The van der Waals surface area contributed by atoms with Crippen LogP contribution in [0.25, 0.3) is 0 Å². The maximum atomic E-state index is 11.8. The van der Waals surface area contributed by atoms with Gasteiger partial charge in [-0.3, -0.25) is 0 Å². The molecule has 2 aromatic carbocycles. The Morgan fingerprint density at radius 2 is 2.05 bits per heavy atom. The average Bonchev–Trinajstić information content (AvgIpc) is 2.46. The molecule has 0 saturated heterocycles. The molecule has 110 valence electrons. The summed E-state index contributed by atoms with van der Waals surface area (Å²) in [6, 6.07) is 12.3. The third kappa shape index (κ3) is 4.13. The lowest BCUT2D eigenvalue weighted by Crippen LogP contribution is -2.08. The van der Waals surface area contributed by atoms with Gasteiger partial charge in [-0.15, -0.1) is 0 Å². The van der Waals surface area contributed by atoms with Gasteiger partial charge in [-0.2, -0.15) is 0 Å². The Balaban J connectivity index is 2.10. The first-order chi connectivity index (χ1) is 10.1. The van der Waals surface area contributed by atoms with Gasteiger partial charge in [0.2, 0.25) is 0 Å². The Kier molecular flexibility index (Phi) is 5.06. The summed E-state index contributed by atoms with van der Waals surface area (Å²) in [5.41, 5.74) is 7.39. The molecule has 0 spiro atoms. The van der Waals surface area contributed by atoms with E-state index in [1.165, 1.54) is 0 Å². The smallest absolute Gasteiger partial charge is 0.340 e. The number of hydrogen-bond acceptors (Lipinski definition) is 4. The maximum Gasteiger partial charge on any atom is 0.340 e. The van der Waals surface area contributed by atoms with E-state index >= 15 is 0 Å². The van der Waals surface area contributed by atoms with E-state index in [1.807, 2.05) is 18.2 Å². The number of carbonyl (C=O) groups excluding carboxylic acids is 1. The van der Waals surface area contributed by atoms with E-state index in [9.17, 15) is 4.79 Å². The minimum atomic E-state index is -0.455. The summed E-state index contributed by atoms with van der Waals surface area (Å²) in [4.78, 5) is 11.8. The zero-order chi connectivity index (χ0) is 15.2. The summed E-state index contributed by atoms with van der Waals surface area (Å²) in [5.74, 6) is 0.0930. The lowest BCUT2D eigenvalue weighted by Gasteiger charge is -2.10. The molecule has 0 heterocycles. The van der Waals surface area contributed by atoms with Crippen molar-refractivity contribution in [3.8, 4) is 5.75 Å². The van der Waals surface area contributed by atoms with E-state index in [-0.39, 0.29) is 0 Å². The molecule has 0 atom stereocenters. The zero-order valence-electron chi connectivity index (χ0n) is 11.6. The fourth-order valence-corrected chi connectivity index (χ4v) is 2.02. The van der Waals surface area contributed by atoms with Crippen LogP contribution in [0, 0.1) is 0 Å². The first-order valence-corrected chi connectivity index (χ1v) is 6.92. The van der Waals surface area contributed by atoms with E-state index in [1.54, 1.807) is 31.2 Å². The van der Waals surface area contributed by atoms with Crippen LogP contribution in [0.1, 0.15) is 22.8 Å². The summed E-state index contributed by atoms with van der Waals surface area (Å²) in [6.45, 7) is 2.40. The fourth-order valence-electron chi connectivity index (χ4n) is 1.80. The molecule has 0 saturated carbocycles. The van der Waals surface area contributed by atoms with Crippen LogP contribution in [-0.4, -0.2) is 12.6 Å². The van der Waals surface area contributed by atoms with Crippen LogP contribution >= 0.6 is 11.6 Å². The number of benzene rings is 2. The Hall–Kier alpha value is -2.20. The molecular formula is C16H16ClNO3. The van der Waals surface area contributed by atoms with Gasteiger partial charge in [0.15, 0.2) is 0 Å². The van der Waals surface area contributed by atoms with Gasteiger partial charge >= 0.3 is 5.97 Å². The number of esters is 1. The first-order valence-electron chi connectivity index (χ1n) is 6.54. The summed E-state index contributed by atoms with van der Waals surface area (Å²) in [7, 11) is 0. The van der Waals surface area contributed by atoms with Crippen LogP contribution in [0.15, 0.2) is 42.5 Å². The minimum Gasteiger partial charge on any atom is -0.489 e. The third-order valence-corrected chi connectivity index (χ3v) is 3.05. The molecule has 2 rings (SSSR count). The molecule has 0 unspecified atom stereocenters. The molecular weight excluding hydrogens is 290 g/mol. The molecule has 0 radical (unpaired) electrons. The molecule has 0 aromatic heterocycles. The zero-order valence-corrected chi connectivity index (χ0v) is 12.4. The van der Waals surface area contributed by atoms with E-state index in [0.29, 0.717) is 35.2 Å². The number of ether oxygens (including phenoxy) is 2. The highest BCUT2D eigenvalue weighted by Crippen LogP contribution is 2.22. The van der Waals surface area contributed by atoms with Gasteiger partial charge in [0.25, 0.3) is 0 Å². The van der Waals surface area contributed by atoms with Crippen molar-refractivity contribution in [1.29, 1.82) is 0 Å². The molecule has 0 bridgehead atoms. The molecule has 5 heteroatoms. The molecule has 0 fully saturated rings. The van der Waals surface area contributed by atoms with E-state index < -0.39 is 5.97 Å². The van der Waals surface area contributed by atoms with Crippen molar-refractivity contribution in [2.45, 2.75) is 13.5 Å². The number of nitrogen functional groups attached to an aromatic ring is 1. The summed E-state index contributed by atoms with van der Waals surface area (Å²) in [6.07, 6.45) is 0. The van der Waals surface area contributed by atoms with Gasteiger partial charge in [0, 0.05) is 10.7 Å². The van der Waals surface area contributed by atoms with Crippen LogP contribution in [0.3, 0.4) is 0 Å². The normalized spacial score (nSPS) is 10.2. The van der Waals surface area contributed by atoms with Gasteiger partial charge in [-0.1, -0.05) is 23.7 Å². The number of halogens is 1. The Morgan fingerprint density at radius 3 is 2.76 bits per heavy atom. The van der Waals surface area contributed by atoms with Crippen LogP contribution in [-0.2, 0) is 11.3 Å². The van der Waals surface area contributed by atoms with Gasteiger partial charge in [-0.25, -0.2) is 4.79 Å². The lowest BCUT2D eigenvalue weighted by atomic mass is 10.1. The minimum absolute atomic E-state index is 0.297. The van der Waals surface area contributed by atoms with Crippen molar-refractivity contribution in [3.63, 3.8) is 0 Å². The second-order valence-electron chi connectivity index (χ2n) is 4.39. The summed E-state index contributed by atoms with van der Waals surface area (Å²) >= 11 is 5.92. The summed E-state index contributed by atoms with van der Waals surface area (Å²) < 4.78 is 10.6. The van der Waals surface area contributed by atoms with Crippen molar-refractivity contribution in [2.24, 2.45) is 0 Å². The molecule has 2 N–H and O–H groups in total. The second kappa shape index (κ2) is 6.99. The number of carbonyl (C=O) groups is 1. The molecule has 21 heavy (non-hydrogen) atoms. The molecule has 0 amide bonds. The van der Waals surface area contributed by atoms with E-state index in [2.05, 4.69) is 0 Å². The van der Waals surface area contributed by atoms with Crippen molar-refractivity contribution in [1.82, 2.24) is 0 Å². The fraction of sp³-hybridized carbons (Fsp3) is 0.188. The van der Waals surface area contributed by atoms with Crippen LogP contribution in [0.4, 0.5) is 5.69 Å². The lowest BCUT2D eigenvalue weighted by molar-refractivity contribution is 0.0527.